The van der Waals surface area contributed by atoms with Crippen LogP contribution in [0.5, 0.6) is 0 Å². The summed E-state index contributed by atoms with van der Waals surface area (Å²) >= 11 is 1.17. The number of fused-ring (bicyclic) bond motifs is 5. The molecule has 3 fully saturated rings. The summed E-state index contributed by atoms with van der Waals surface area (Å²) in [5.41, 5.74) is 4.39. The molecule has 0 unspecified atom stereocenters. The van der Waals surface area contributed by atoms with Gasteiger partial charge >= 0.3 is 11.9 Å². The van der Waals surface area contributed by atoms with E-state index in [9.17, 15) is 24.3 Å². The Morgan fingerprint density at radius 3 is 2.43 bits per heavy atom. The van der Waals surface area contributed by atoms with Gasteiger partial charge in [0.1, 0.15) is 28.4 Å². The Morgan fingerprint density at radius 1 is 1.10 bits per heavy atom. The summed E-state index contributed by atoms with van der Waals surface area (Å²) in [5.74, 6) is -6.16. The van der Waals surface area contributed by atoms with Crippen LogP contribution in [0.4, 0.5) is 5.95 Å². The largest absolute Gasteiger partial charge is 0.459 e. The van der Waals surface area contributed by atoms with Crippen LogP contribution in [0.3, 0.4) is 0 Å². The summed E-state index contributed by atoms with van der Waals surface area (Å²) in [5, 5.41) is 17.5. The number of aromatic nitrogens is 3. The number of nitrogen functional groups attached to an aromatic ring is 1. The third-order valence-electron chi connectivity index (χ3n) is 12.6. The number of oxime groups is 1. The first kappa shape index (κ1) is 48.1. The SMILES string of the molecule is CC[C@H]1OC(=O)[C@H](C)C(=O)[C@H](C)[C@@H](O[C@@H]2O[C@H](C)C[C@H](N(C)C)[C@H]2OC(C)=O)[C@@]2(C)C[C@@H](C)C(=O)[C@H](C)[C@@H](CCC(=NOCc3ccc(-c4nc(N)ns4)cn3)CO2)[C@]1(C)O. The molecule has 5 rings (SSSR count). The molecule has 18 heteroatoms. The quantitative estimate of drug-likeness (QED) is 0.196. The molecular weight excluding hydrogens is 809 g/mol. The van der Waals surface area contributed by atoms with Crippen molar-refractivity contribution in [3.8, 4) is 10.6 Å². The maximum absolute atomic E-state index is 14.6. The van der Waals surface area contributed by atoms with E-state index in [1.807, 2.05) is 32.0 Å². The van der Waals surface area contributed by atoms with Gasteiger partial charge in [0.25, 0.3) is 0 Å². The molecule has 3 aliphatic heterocycles. The molecule has 17 nitrogen and oxygen atoms in total. The number of likely N-dealkylation sites (N-methyl/N-ethyl adjacent to an activating group) is 1. The summed E-state index contributed by atoms with van der Waals surface area (Å²) in [6.07, 6.45) is -1.62. The number of nitrogens with two attached hydrogens (primary N) is 1. The predicted octanol–water partition coefficient (Wildman–Crippen LogP) is 4.78. The van der Waals surface area contributed by atoms with Crippen molar-refractivity contribution in [1.29, 1.82) is 0 Å². The zero-order chi connectivity index (χ0) is 45.0. The van der Waals surface area contributed by atoms with Crippen LogP contribution in [-0.4, -0.2) is 122 Å². The van der Waals surface area contributed by atoms with Gasteiger partial charge in [-0.1, -0.05) is 32.9 Å². The lowest BCUT2D eigenvalue weighted by Gasteiger charge is -2.48. The minimum absolute atomic E-state index is 0.0111. The zero-order valence-electron chi connectivity index (χ0n) is 37.3. The first-order valence-corrected chi connectivity index (χ1v) is 21.9. The van der Waals surface area contributed by atoms with Gasteiger partial charge in [0.2, 0.25) is 5.95 Å². The molecule has 0 saturated carbocycles. The number of hydrogen-bond donors (Lipinski definition) is 2. The van der Waals surface area contributed by atoms with Gasteiger partial charge in [-0.15, -0.1) is 0 Å². The number of hydrogen-bond acceptors (Lipinski definition) is 18. The molecule has 3 N–H and O–H groups in total. The number of esters is 2. The fourth-order valence-electron chi connectivity index (χ4n) is 9.20. The summed E-state index contributed by atoms with van der Waals surface area (Å²) < 4.78 is 36.1. The van der Waals surface area contributed by atoms with E-state index in [1.54, 1.807) is 53.8 Å². The predicted molar refractivity (Wildman–Crippen MR) is 226 cm³/mol. The second-order valence-corrected chi connectivity index (χ2v) is 18.4. The van der Waals surface area contributed by atoms with Crippen molar-refractivity contribution >= 4 is 46.7 Å². The number of Topliss-reactive ketones (excluding diaryl/α,β-unsaturated/α-hetero) is 2. The van der Waals surface area contributed by atoms with Crippen LogP contribution >= 0.6 is 11.5 Å². The number of anilines is 1. The number of rotatable bonds is 9. The molecule has 61 heavy (non-hydrogen) atoms. The molecule has 13 atom stereocenters. The summed E-state index contributed by atoms with van der Waals surface area (Å²) in [6, 6.07) is 3.31. The lowest BCUT2D eigenvalue weighted by molar-refractivity contribution is -0.298. The van der Waals surface area contributed by atoms with Crippen molar-refractivity contribution in [2.24, 2.45) is 34.7 Å². The Kier molecular flexibility index (Phi) is 15.8. The van der Waals surface area contributed by atoms with E-state index in [4.69, 9.17) is 34.3 Å². The van der Waals surface area contributed by atoms with Gasteiger partial charge in [0.05, 0.1) is 41.9 Å². The molecule has 2 aromatic rings. The molecule has 338 valence electrons. The summed E-state index contributed by atoms with van der Waals surface area (Å²) in [4.78, 5) is 72.1. The normalized spacial score (nSPS) is 36.4. The van der Waals surface area contributed by atoms with Gasteiger partial charge in [-0.3, -0.25) is 24.2 Å². The number of carbonyl (C=O) groups is 4. The lowest BCUT2D eigenvalue weighted by Crippen LogP contribution is -2.60. The van der Waals surface area contributed by atoms with E-state index in [-0.39, 0.29) is 62.8 Å². The molecule has 2 bridgehead atoms. The van der Waals surface area contributed by atoms with Gasteiger partial charge in [-0.2, -0.15) is 9.36 Å². The number of aliphatic hydroxyl groups is 1. The molecule has 0 aliphatic carbocycles. The van der Waals surface area contributed by atoms with Crippen molar-refractivity contribution in [2.75, 3.05) is 26.4 Å². The minimum Gasteiger partial charge on any atom is -0.459 e. The van der Waals surface area contributed by atoms with Crippen molar-refractivity contribution in [2.45, 2.75) is 149 Å². The van der Waals surface area contributed by atoms with Crippen LogP contribution in [0.1, 0.15) is 100 Å². The van der Waals surface area contributed by atoms with Gasteiger partial charge in [0, 0.05) is 42.4 Å². The van der Waals surface area contributed by atoms with Gasteiger partial charge in [0.15, 0.2) is 24.8 Å². The van der Waals surface area contributed by atoms with Crippen LogP contribution in [0.25, 0.3) is 10.6 Å². The number of carbonyl (C=O) groups excluding carboxylic acids is 4. The lowest BCUT2D eigenvalue weighted by atomic mass is 9.69. The summed E-state index contributed by atoms with van der Waals surface area (Å²) in [7, 11) is 3.75. The van der Waals surface area contributed by atoms with Crippen molar-refractivity contribution < 1.29 is 52.8 Å². The Balaban J connectivity index is 1.59. The Morgan fingerprint density at radius 2 is 1.82 bits per heavy atom. The Hall–Kier alpha value is -3.94. The smallest absolute Gasteiger partial charge is 0.316 e. The van der Waals surface area contributed by atoms with Crippen LogP contribution in [0.2, 0.25) is 0 Å². The van der Waals surface area contributed by atoms with Crippen molar-refractivity contribution in [3.05, 3.63) is 24.0 Å². The average molecular weight is 873 g/mol. The van der Waals surface area contributed by atoms with E-state index >= 15 is 0 Å². The molecule has 3 saturated heterocycles. The Bertz CT molecular complexity index is 1890. The number of ether oxygens (including phenoxy) is 5. The Labute approximate surface area is 362 Å². The van der Waals surface area contributed by atoms with Crippen molar-refractivity contribution in [1.82, 2.24) is 19.2 Å². The van der Waals surface area contributed by atoms with Crippen LogP contribution in [0.15, 0.2) is 23.5 Å². The second kappa shape index (κ2) is 20.1. The van der Waals surface area contributed by atoms with E-state index in [1.165, 1.54) is 25.4 Å². The van der Waals surface area contributed by atoms with E-state index in [0.717, 1.165) is 5.56 Å². The highest BCUT2D eigenvalue weighted by atomic mass is 32.1. The van der Waals surface area contributed by atoms with Crippen molar-refractivity contribution in [3.63, 3.8) is 0 Å². The third kappa shape index (κ3) is 11.2. The van der Waals surface area contributed by atoms with Crippen LogP contribution < -0.4 is 5.73 Å². The molecule has 5 heterocycles. The maximum atomic E-state index is 14.6. The molecule has 0 amide bonds. The zero-order valence-corrected chi connectivity index (χ0v) is 38.1. The highest BCUT2D eigenvalue weighted by Crippen LogP contribution is 2.42. The van der Waals surface area contributed by atoms with Gasteiger partial charge < -0.3 is 44.3 Å². The first-order valence-electron chi connectivity index (χ1n) is 21.2. The fraction of sp³-hybridized carbons (Fsp3) is 0.721. The highest BCUT2D eigenvalue weighted by Gasteiger charge is 2.53. The molecule has 0 aromatic carbocycles. The van der Waals surface area contributed by atoms with Gasteiger partial charge in [-0.25, -0.2) is 0 Å². The maximum Gasteiger partial charge on any atom is 0.316 e. The molecule has 0 spiro atoms. The number of nitrogens with zero attached hydrogens (tertiary/aromatic N) is 5. The van der Waals surface area contributed by atoms with Gasteiger partial charge in [-0.05, 0) is 97.6 Å². The minimum atomic E-state index is -1.68. The third-order valence-corrected chi connectivity index (χ3v) is 13.4. The van der Waals surface area contributed by atoms with Crippen LogP contribution in [-0.2, 0) is 54.3 Å². The molecule has 2 aromatic heterocycles. The average Bonchev–Trinajstić information content (AvgIpc) is 3.64. The fourth-order valence-corrected chi connectivity index (χ4v) is 9.78. The molecule has 3 aliphatic rings. The highest BCUT2D eigenvalue weighted by molar-refractivity contribution is 7.09. The first-order chi connectivity index (χ1) is 28.7. The van der Waals surface area contributed by atoms with E-state index in [2.05, 4.69) is 19.5 Å². The monoisotopic (exact) mass is 872 g/mol. The topological polar surface area (TPSA) is 224 Å². The molecule has 0 radical (unpaired) electrons. The standard InChI is InChI=1S/C43H64N6O11S/c1-12-33-43(9,54)31-16-15-30(47-56-21-29-14-13-28(19-45-29)38-46-41(44)48-61-38)20-55-42(8,18-22(2)34(51)24(31)4)37(25(5)35(52)26(6)39(53)59-33)60-40-36(58-27(7)50)32(49(10)11)17-23(3)57-40/h13-14,19,22-26,31-33,36-37,40,54H,12,15-18,20-21H2,1-11H3,(H2,44,48)/t22-,23-,24-,25+,26-,31-,32+,33-,36-,37-,40+,42-,43+/m1/s1. The molecular formula is C43H64N6O11S. The van der Waals surface area contributed by atoms with E-state index < -0.39 is 83.1 Å². The van der Waals surface area contributed by atoms with E-state index in [0.29, 0.717) is 22.8 Å². The summed E-state index contributed by atoms with van der Waals surface area (Å²) in [6.45, 7) is 15.0. The second-order valence-electron chi connectivity index (χ2n) is 17.7. The number of cyclic esters (lactones) is 1. The van der Waals surface area contributed by atoms with Crippen LogP contribution in [0, 0.1) is 29.6 Å². The number of pyridine rings is 1. The number of ketones is 2.